The Kier molecular flexibility index (Phi) is 4.75. The molecular weight excluding hydrogens is 316 g/mol. The van der Waals surface area contributed by atoms with Crippen LogP contribution in [0.2, 0.25) is 0 Å². The van der Waals surface area contributed by atoms with Gasteiger partial charge in [0.15, 0.2) is 0 Å². The molecule has 1 aliphatic carbocycles. The zero-order valence-corrected chi connectivity index (χ0v) is 14.6. The SMILES string of the molecule is O=C(CC1CCC1)N1CC[C@@H]2OCC(=O)N(c3ccccc3)C[C@H]2C1. The Hall–Kier alpha value is -1.88. The molecule has 0 unspecified atom stereocenters. The number of amides is 2. The standard InChI is InChI=1S/C20H26N2O3/c23-19(11-15-5-4-6-15)21-10-9-18-16(12-21)13-22(20(24)14-25-18)17-7-2-1-3-8-17/h1-3,7-8,15-16,18H,4-6,9-14H2/t16-,18+/m1/s1. The smallest absolute Gasteiger partial charge is 0.252 e. The summed E-state index contributed by atoms with van der Waals surface area (Å²) in [5.74, 6) is 1.07. The van der Waals surface area contributed by atoms with E-state index in [0.717, 1.165) is 18.7 Å². The predicted octanol–water partition coefficient (Wildman–Crippen LogP) is 2.46. The number of para-hydroxylation sites is 1. The van der Waals surface area contributed by atoms with Crippen LogP contribution in [0.15, 0.2) is 30.3 Å². The summed E-state index contributed by atoms with van der Waals surface area (Å²) in [6.45, 7) is 2.21. The molecule has 2 atom stereocenters. The first kappa shape index (κ1) is 16.6. The van der Waals surface area contributed by atoms with E-state index in [4.69, 9.17) is 4.74 Å². The third-order valence-corrected chi connectivity index (χ3v) is 5.91. The van der Waals surface area contributed by atoms with E-state index in [9.17, 15) is 9.59 Å². The highest BCUT2D eigenvalue weighted by Crippen LogP contribution is 2.32. The summed E-state index contributed by atoms with van der Waals surface area (Å²) in [4.78, 5) is 28.9. The minimum Gasteiger partial charge on any atom is -0.368 e. The Morgan fingerprint density at radius 3 is 2.64 bits per heavy atom. The fourth-order valence-corrected chi connectivity index (χ4v) is 4.15. The van der Waals surface area contributed by atoms with Crippen molar-refractivity contribution >= 4 is 17.5 Å². The molecule has 2 amide bonds. The number of carbonyl (C=O) groups is 2. The average molecular weight is 342 g/mol. The lowest BCUT2D eigenvalue weighted by molar-refractivity contribution is -0.138. The molecule has 0 aromatic heterocycles. The van der Waals surface area contributed by atoms with E-state index in [-0.39, 0.29) is 30.4 Å². The van der Waals surface area contributed by atoms with E-state index in [1.807, 2.05) is 40.1 Å². The fourth-order valence-electron chi connectivity index (χ4n) is 4.15. The summed E-state index contributed by atoms with van der Waals surface area (Å²) in [5, 5.41) is 0. The fraction of sp³-hybridized carbons (Fsp3) is 0.600. The number of anilines is 1. The third kappa shape index (κ3) is 3.56. The van der Waals surface area contributed by atoms with Gasteiger partial charge in [-0.05, 0) is 37.3 Å². The monoisotopic (exact) mass is 342 g/mol. The Bertz CT molecular complexity index is 629. The molecule has 0 spiro atoms. The number of carbonyl (C=O) groups excluding carboxylic acids is 2. The molecule has 4 rings (SSSR count). The van der Waals surface area contributed by atoms with Crippen LogP contribution < -0.4 is 4.90 Å². The second-order valence-electron chi connectivity index (χ2n) is 7.58. The first-order valence-corrected chi connectivity index (χ1v) is 9.45. The normalized spacial score (nSPS) is 27.4. The molecule has 3 fully saturated rings. The predicted molar refractivity (Wildman–Crippen MR) is 95.2 cm³/mol. The van der Waals surface area contributed by atoms with Gasteiger partial charge in [-0.15, -0.1) is 0 Å². The van der Waals surface area contributed by atoms with Crippen LogP contribution in [0.1, 0.15) is 32.1 Å². The van der Waals surface area contributed by atoms with Crippen molar-refractivity contribution in [1.82, 2.24) is 4.90 Å². The number of benzene rings is 1. The molecule has 134 valence electrons. The van der Waals surface area contributed by atoms with Crippen LogP contribution in [0.5, 0.6) is 0 Å². The van der Waals surface area contributed by atoms with Crippen LogP contribution in [-0.4, -0.2) is 49.1 Å². The van der Waals surface area contributed by atoms with Crippen molar-refractivity contribution in [3.8, 4) is 0 Å². The van der Waals surface area contributed by atoms with Crippen LogP contribution in [0, 0.1) is 11.8 Å². The van der Waals surface area contributed by atoms with Crippen molar-refractivity contribution in [3.05, 3.63) is 30.3 Å². The van der Waals surface area contributed by atoms with Crippen molar-refractivity contribution in [2.24, 2.45) is 11.8 Å². The van der Waals surface area contributed by atoms with Crippen molar-refractivity contribution < 1.29 is 14.3 Å². The van der Waals surface area contributed by atoms with Gasteiger partial charge in [-0.3, -0.25) is 9.59 Å². The van der Waals surface area contributed by atoms with Gasteiger partial charge < -0.3 is 14.5 Å². The zero-order chi connectivity index (χ0) is 17.2. The lowest BCUT2D eigenvalue weighted by atomic mass is 9.82. The maximum atomic E-state index is 12.6. The van der Waals surface area contributed by atoms with Gasteiger partial charge in [-0.2, -0.15) is 0 Å². The van der Waals surface area contributed by atoms with Crippen molar-refractivity contribution in [3.63, 3.8) is 0 Å². The van der Waals surface area contributed by atoms with Crippen molar-refractivity contribution in [2.45, 2.75) is 38.2 Å². The number of fused-ring (bicyclic) bond motifs is 1. The molecule has 1 saturated carbocycles. The Morgan fingerprint density at radius 2 is 1.92 bits per heavy atom. The molecule has 5 heteroatoms. The van der Waals surface area contributed by atoms with E-state index in [1.54, 1.807) is 0 Å². The third-order valence-electron chi connectivity index (χ3n) is 5.91. The quantitative estimate of drug-likeness (QED) is 0.848. The largest absolute Gasteiger partial charge is 0.368 e. The Morgan fingerprint density at radius 1 is 1.12 bits per heavy atom. The first-order chi connectivity index (χ1) is 12.2. The molecule has 0 radical (unpaired) electrons. The molecule has 25 heavy (non-hydrogen) atoms. The lowest BCUT2D eigenvalue weighted by Crippen LogP contribution is -2.49. The highest BCUT2D eigenvalue weighted by Gasteiger charge is 2.38. The summed E-state index contributed by atoms with van der Waals surface area (Å²) >= 11 is 0. The summed E-state index contributed by atoms with van der Waals surface area (Å²) in [6.07, 6.45) is 5.27. The molecule has 2 saturated heterocycles. The van der Waals surface area contributed by atoms with Crippen LogP contribution >= 0.6 is 0 Å². The summed E-state index contributed by atoms with van der Waals surface area (Å²) in [6, 6.07) is 9.76. The molecule has 1 aromatic rings. The minimum atomic E-state index is 0.00736. The molecule has 1 aromatic carbocycles. The van der Waals surface area contributed by atoms with Gasteiger partial charge in [0.25, 0.3) is 5.91 Å². The number of rotatable bonds is 3. The van der Waals surface area contributed by atoms with E-state index in [0.29, 0.717) is 25.4 Å². The summed E-state index contributed by atoms with van der Waals surface area (Å²) in [5.41, 5.74) is 0.912. The van der Waals surface area contributed by atoms with E-state index < -0.39 is 0 Å². The maximum absolute atomic E-state index is 12.6. The van der Waals surface area contributed by atoms with Crippen molar-refractivity contribution in [1.29, 1.82) is 0 Å². The second kappa shape index (κ2) is 7.16. The number of hydrogen-bond donors (Lipinski definition) is 0. The Labute approximate surface area is 148 Å². The van der Waals surface area contributed by atoms with E-state index in [2.05, 4.69) is 0 Å². The molecule has 2 aliphatic heterocycles. The van der Waals surface area contributed by atoms with Crippen LogP contribution in [0.25, 0.3) is 0 Å². The van der Waals surface area contributed by atoms with Crippen molar-refractivity contribution in [2.75, 3.05) is 31.1 Å². The number of ether oxygens (including phenoxy) is 1. The maximum Gasteiger partial charge on any atom is 0.252 e. The molecule has 2 heterocycles. The molecule has 0 N–H and O–H groups in total. The number of nitrogens with zero attached hydrogens (tertiary/aromatic N) is 2. The van der Waals surface area contributed by atoms with Gasteiger partial charge in [0, 0.05) is 37.7 Å². The van der Waals surface area contributed by atoms with Crippen LogP contribution in [-0.2, 0) is 14.3 Å². The first-order valence-electron chi connectivity index (χ1n) is 9.45. The van der Waals surface area contributed by atoms with Crippen LogP contribution in [0.3, 0.4) is 0 Å². The molecular formula is C20H26N2O3. The second-order valence-corrected chi connectivity index (χ2v) is 7.58. The summed E-state index contributed by atoms with van der Waals surface area (Å²) < 4.78 is 5.88. The van der Waals surface area contributed by atoms with Gasteiger partial charge in [0.05, 0.1) is 6.10 Å². The molecule has 0 bridgehead atoms. The summed E-state index contributed by atoms with van der Waals surface area (Å²) in [7, 11) is 0. The zero-order valence-electron chi connectivity index (χ0n) is 14.6. The van der Waals surface area contributed by atoms with E-state index >= 15 is 0 Å². The number of hydrogen-bond acceptors (Lipinski definition) is 3. The topological polar surface area (TPSA) is 49.9 Å². The number of piperidine rings is 1. The van der Waals surface area contributed by atoms with Gasteiger partial charge in [0.2, 0.25) is 5.91 Å². The average Bonchev–Trinajstić information content (AvgIpc) is 2.77. The molecule has 3 aliphatic rings. The van der Waals surface area contributed by atoms with Gasteiger partial charge in [0.1, 0.15) is 6.61 Å². The van der Waals surface area contributed by atoms with Gasteiger partial charge in [-0.25, -0.2) is 0 Å². The number of likely N-dealkylation sites (tertiary alicyclic amines) is 1. The highest BCUT2D eigenvalue weighted by atomic mass is 16.5. The van der Waals surface area contributed by atoms with Gasteiger partial charge >= 0.3 is 0 Å². The van der Waals surface area contributed by atoms with E-state index in [1.165, 1.54) is 19.3 Å². The highest BCUT2D eigenvalue weighted by molar-refractivity contribution is 5.94. The lowest BCUT2D eigenvalue weighted by Gasteiger charge is -2.39. The minimum absolute atomic E-state index is 0.00736. The van der Waals surface area contributed by atoms with Crippen LogP contribution in [0.4, 0.5) is 5.69 Å². The van der Waals surface area contributed by atoms with Gasteiger partial charge in [-0.1, -0.05) is 24.6 Å². The Balaban J connectivity index is 1.45. The molecule has 5 nitrogen and oxygen atoms in total.